The van der Waals surface area contributed by atoms with E-state index in [0.29, 0.717) is 31.8 Å². The number of hydrogen-bond donors (Lipinski definition) is 1. The summed E-state index contributed by atoms with van der Waals surface area (Å²) < 4.78 is 0. The van der Waals surface area contributed by atoms with Gasteiger partial charge < -0.3 is 10.6 Å². The average Bonchev–Trinajstić information content (AvgIpc) is 3.27. The third-order valence-corrected chi connectivity index (χ3v) is 4.90. The Morgan fingerprint density at radius 3 is 2.48 bits per heavy atom. The van der Waals surface area contributed by atoms with Crippen LogP contribution >= 0.6 is 0 Å². The molecule has 0 bridgehead atoms. The van der Waals surface area contributed by atoms with E-state index in [4.69, 9.17) is 5.73 Å². The predicted molar refractivity (Wildman–Crippen MR) is 80.5 cm³/mol. The summed E-state index contributed by atoms with van der Waals surface area (Å²) in [5.41, 5.74) is 7.91. The lowest BCUT2D eigenvalue weighted by Crippen LogP contribution is -2.42. The van der Waals surface area contributed by atoms with Gasteiger partial charge in [-0.1, -0.05) is 24.3 Å². The summed E-state index contributed by atoms with van der Waals surface area (Å²) in [5.74, 6) is 0.488. The van der Waals surface area contributed by atoms with E-state index in [1.165, 1.54) is 11.1 Å². The molecule has 1 heterocycles. The van der Waals surface area contributed by atoms with E-state index in [0.717, 1.165) is 6.42 Å². The second-order valence-corrected chi connectivity index (χ2v) is 6.31. The third kappa shape index (κ3) is 2.80. The number of piperidine rings is 1. The number of nitrogens with two attached hydrogens (primary N) is 1. The smallest absolute Gasteiger partial charge is 0.226 e. The molecule has 2 N–H and O–H groups in total. The quantitative estimate of drug-likeness (QED) is 0.921. The predicted octanol–water partition coefficient (Wildman–Crippen LogP) is 1.82. The van der Waals surface area contributed by atoms with Crippen LogP contribution in [0, 0.1) is 18.8 Å². The second kappa shape index (κ2) is 5.51. The van der Waals surface area contributed by atoms with Crippen LogP contribution in [0.15, 0.2) is 24.3 Å². The molecule has 21 heavy (non-hydrogen) atoms. The number of aryl methyl sites for hydroxylation is 1. The van der Waals surface area contributed by atoms with Crippen molar-refractivity contribution in [3.63, 3.8) is 0 Å². The van der Waals surface area contributed by atoms with Crippen molar-refractivity contribution in [1.29, 1.82) is 0 Å². The first-order valence-corrected chi connectivity index (χ1v) is 7.71. The number of primary amides is 1. The molecular weight excluding hydrogens is 264 g/mol. The summed E-state index contributed by atoms with van der Waals surface area (Å²) in [6.07, 6.45) is 2.38. The molecule has 4 heteroatoms. The zero-order valence-electron chi connectivity index (χ0n) is 12.4. The van der Waals surface area contributed by atoms with E-state index in [1.54, 1.807) is 0 Å². The zero-order chi connectivity index (χ0) is 15.0. The fourth-order valence-corrected chi connectivity index (χ4v) is 3.43. The number of amides is 2. The Bertz CT molecular complexity index is 562. The van der Waals surface area contributed by atoms with Crippen molar-refractivity contribution in [2.75, 3.05) is 13.1 Å². The van der Waals surface area contributed by atoms with E-state index in [-0.39, 0.29) is 23.7 Å². The van der Waals surface area contributed by atoms with Crippen LogP contribution in [0.2, 0.25) is 0 Å². The number of carbonyl (C=O) groups is 2. The van der Waals surface area contributed by atoms with Gasteiger partial charge in [-0.2, -0.15) is 0 Å². The molecule has 1 aliphatic heterocycles. The monoisotopic (exact) mass is 286 g/mol. The van der Waals surface area contributed by atoms with Crippen LogP contribution in [-0.4, -0.2) is 29.8 Å². The molecule has 112 valence electrons. The van der Waals surface area contributed by atoms with Crippen molar-refractivity contribution >= 4 is 11.8 Å². The lowest BCUT2D eigenvalue weighted by atomic mass is 9.95. The molecule has 0 spiro atoms. The van der Waals surface area contributed by atoms with E-state index < -0.39 is 0 Å². The maximum atomic E-state index is 12.5. The molecule has 1 saturated carbocycles. The molecule has 1 aliphatic carbocycles. The van der Waals surface area contributed by atoms with Crippen molar-refractivity contribution in [3.05, 3.63) is 35.4 Å². The summed E-state index contributed by atoms with van der Waals surface area (Å²) in [6, 6.07) is 8.31. The minimum Gasteiger partial charge on any atom is -0.369 e. The lowest BCUT2D eigenvalue weighted by Gasteiger charge is -2.30. The first-order valence-electron chi connectivity index (χ1n) is 7.71. The Hall–Kier alpha value is -1.84. The van der Waals surface area contributed by atoms with Gasteiger partial charge in [0.2, 0.25) is 11.8 Å². The number of hydrogen-bond acceptors (Lipinski definition) is 2. The fourth-order valence-electron chi connectivity index (χ4n) is 3.43. The molecule has 0 aromatic heterocycles. The van der Waals surface area contributed by atoms with Gasteiger partial charge in [-0.25, -0.2) is 0 Å². The third-order valence-electron chi connectivity index (χ3n) is 4.90. The summed E-state index contributed by atoms with van der Waals surface area (Å²) in [5, 5.41) is 0. The molecule has 2 atom stereocenters. The largest absolute Gasteiger partial charge is 0.369 e. The minimum absolute atomic E-state index is 0.0552. The molecule has 2 aliphatic rings. The minimum atomic E-state index is -0.230. The lowest BCUT2D eigenvalue weighted by molar-refractivity contribution is -0.136. The van der Waals surface area contributed by atoms with Crippen molar-refractivity contribution in [1.82, 2.24) is 4.90 Å². The molecule has 2 amide bonds. The molecule has 3 rings (SSSR count). The van der Waals surface area contributed by atoms with E-state index in [2.05, 4.69) is 19.1 Å². The normalized spacial score (nSPS) is 25.7. The van der Waals surface area contributed by atoms with E-state index >= 15 is 0 Å². The first kappa shape index (κ1) is 14.1. The number of rotatable bonds is 3. The van der Waals surface area contributed by atoms with Gasteiger partial charge in [0.25, 0.3) is 0 Å². The Morgan fingerprint density at radius 1 is 1.19 bits per heavy atom. The van der Waals surface area contributed by atoms with Crippen LogP contribution in [0.5, 0.6) is 0 Å². The van der Waals surface area contributed by atoms with Crippen molar-refractivity contribution in [3.8, 4) is 0 Å². The molecular formula is C17H22N2O2. The standard InChI is InChI=1S/C17H22N2O2/c1-11-4-2-3-5-13(11)14-10-15(14)17(21)19-8-6-12(7-9-19)16(18)20/h2-5,12,14-15H,6-10H2,1H3,(H2,18,20). The zero-order valence-corrected chi connectivity index (χ0v) is 12.4. The molecule has 1 aromatic carbocycles. The highest BCUT2D eigenvalue weighted by Gasteiger charge is 2.46. The Balaban J connectivity index is 1.59. The highest BCUT2D eigenvalue weighted by molar-refractivity contribution is 5.83. The van der Waals surface area contributed by atoms with Crippen molar-refractivity contribution in [2.24, 2.45) is 17.6 Å². The van der Waals surface area contributed by atoms with Crippen molar-refractivity contribution < 1.29 is 9.59 Å². The molecule has 0 radical (unpaired) electrons. The Morgan fingerprint density at radius 2 is 1.86 bits per heavy atom. The average molecular weight is 286 g/mol. The maximum Gasteiger partial charge on any atom is 0.226 e. The number of benzene rings is 1. The topological polar surface area (TPSA) is 63.4 Å². The molecule has 1 saturated heterocycles. The van der Waals surface area contributed by atoms with Crippen molar-refractivity contribution in [2.45, 2.75) is 32.1 Å². The van der Waals surface area contributed by atoms with Crippen LogP contribution in [-0.2, 0) is 9.59 Å². The van der Waals surface area contributed by atoms with Crippen LogP contribution in [0.4, 0.5) is 0 Å². The van der Waals surface area contributed by atoms with Gasteiger partial charge in [0.15, 0.2) is 0 Å². The summed E-state index contributed by atoms with van der Waals surface area (Å²) >= 11 is 0. The van der Waals surface area contributed by atoms with Crippen LogP contribution in [0.25, 0.3) is 0 Å². The van der Waals surface area contributed by atoms with Gasteiger partial charge in [-0.15, -0.1) is 0 Å². The summed E-state index contributed by atoms with van der Waals surface area (Å²) in [4.78, 5) is 25.6. The number of nitrogens with zero attached hydrogens (tertiary/aromatic N) is 1. The van der Waals surface area contributed by atoms with Gasteiger partial charge in [-0.3, -0.25) is 9.59 Å². The van der Waals surface area contributed by atoms with Gasteiger partial charge in [0.05, 0.1) is 0 Å². The first-order chi connectivity index (χ1) is 10.1. The van der Waals surface area contributed by atoms with Gasteiger partial charge >= 0.3 is 0 Å². The molecule has 4 nitrogen and oxygen atoms in total. The van der Waals surface area contributed by atoms with Crippen LogP contribution in [0.3, 0.4) is 0 Å². The molecule has 1 aromatic rings. The highest BCUT2D eigenvalue weighted by Crippen LogP contribution is 2.49. The van der Waals surface area contributed by atoms with Gasteiger partial charge in [0.1, 0.15) is 0 Å². The maximum absolute atomic E-state index is 12.5. The van der Waals surface area contributed by atoms with E-state index in [9.17, 15) is 9.59 Å². The fraction of sp³-hybridized carbons (Fsp3) is 0.529. The summed E-state index contributed by atoms with van der Waals surface area (Å²) in [6.45, 7) is 3.44. The Kier molecular flexibility index (Phi) is 3.70. The SMILES string of the molecule is Cc1ccccc1C1CC1C(=O)N1CCC(C(N)=O)CC1. The second-order valence-electron chi connectivity index (χ2n) is 6.31. The Labute approximate surface area is 125 Å². The highest BCUT2D eigenvalue weighted by atomic mass is 16.2. The summed E-state index contributed by atoms with van der Waals surface area (Å²) in [7, 11) is 0. The van der Waals surface area contributed by atoms with Crippen LogP contribution in [0.1, 0.15) is 36.3 Å². The molecule has 2 fully saturated rings. The number of likely N-dealkylation sites (tertiary alicyclic amines) is 1. The van der Waals surface area contributed by atoms with Gasteiger partial charge in [0, 0.05) is 24.9 Å². The van der Waals surface area contributed by atoms with Crippen LogP contribution < -0.4 is 5.73 Å². The van der Waals surface area contributed by atoms with E-state index in [1.807, 2.05) is 17.0 Å². The van der Waals surface area contributed by atoms with Gasteiger partial charge in [-0.05, 0) is 43.2 Å². The molecule has 2 unspecified atom stereocenters. The number of carbonyl (C=O) groups excluding carboxylic acids is 2.